The van der Waals surface area contributed by atoms with Crippen molar-refractivity contribution in [2.75, 3.05) is 6.61 Å². The number of nitrogens with zero attached hydrogens (tertiary/aromatic N) is 3. The molecule has 30 heavy (non-hydrogen) atoms. The standard InChI is InChI=1S/C25H23N3O2/c1-2-3-16-30-22-17-20(14-15-21(22)29)25-27-23(18-10-6-4-7-11-18)26-24(28-25)19-12-8-5-9-13-19/h4-15,17,29H,2-3,16H2,1H3. The van der Waals surface area contributed by atoms with Crippen molar-refractivity contribution in [3.8, 4) is 45.7 Å². The maximum Gasteiger partial charge on any atom is 0.164 e. The van der Waals surface area contributed by atoms with Gasteiger partial charge in [0, 0.05) is 16.7 Å². The molecule has 5 heteroatoms. The summed E-state index contributed by atoms with van der Waals surface area (Å²) in [7, 11) is 0. The Morgan fingerprint density at radius 3 is 1.77 bits per heavy atom. The van der Waals surface area contributed by atoms with E-state index in [4.69, 9.17) is 19.7 Å². The van der Waals surface area contributed by atoms with E-state index in [9.17, 15) is 5.11 Å². The average molecular weight is 397 g/mol. The molecular weight excluding hydrogens is 374 g/mol. The Morgan fingerprint density at radius 2 is 1.23 bits per heavy atom. The van der Waals surface area contributed by atoms with Gasteiger partial charge in [-0.2, -0.15) is 0 Å². The molecule has 4 rings (SSSR count). The summed E-state index contributed by atoms with van der Waals surface area (Å²) in [4.78, 5) is 14.1. The van der Waals surface area contributed by atoms with E-state index in [-0.39, 0.29) is 5.75 Å². The third-order valence-corrected chi connectivity index (χ3v) is 4.67. The summed E-state index contributed by atoms with van der Waals surface area (Å²) in [5.41, 5.74) is 2.59. The van der Waals surface area contributed by atoms with Crippen LogP contribution in [0, 0.1) is 0 Å². The van der Waals surface area contributed by atoms with Crippen molar-refractivity contribution in [3.63, 3.8) is 0 Å². The van der Waals surface area contributed by atoms with Gasteiger partial charge in [-0.15, -0.1) is 0 Å². The minimum Gasteiger partial charge on any atom is -0.504 e. The molecule has 150 valence electrons. The molecule has 0 aliphatic rings. The fourth-order valence-corrected chi connectivity index (χ4v) is 3.03. The first-order valence-electron chi connectivity index (χ1n) is 10.1. The first-order valence-corrected chi connectivity index (χ1v) is 10.1. The number of aromatic hydroxyl groups is 1. The second kappa shape index (κ2) is 9.18. The summed E-state index contributed by atoms with van der Waals surface area (Å²) in [6.07, 6.45) is 1.94. The topological polar surface area (TPSA) is 68.1 Å². The normalized spacial score (nSPS) is 10.7. The van der Waals surface area contributed by atoms with Gasteiger partial charge < -0.3 is 9.84 Å². The Bertz CT molecular complexity index is 1060. The van der Waals surface area contributed by atoms with Gasteiger partial charge in [0.25, 0.3) is 0 Å². The highest BCUT2D eigenvalue weighted by atomic mass is 16.5. The molecule has 0 atom stereocenters. The van der Waals surface area contributed by atoms with Crippen LogP contribution in [0.15, 0.2) is 78.9 Å². The summed E-state index contributed by atoms with van der Waals surface area (Å²) in [5.74, 6) is 2.27. The van der Waals surface area contributed by atoms with Crippen LogP contribution >= 0.6 is 0 Å². The number of ether oxygens (including phenoxy) is 1. The highest BCUT2D eigenvalue weighted by molar-refractivity contribution is 5.67. The SMILES string of the molecule is CCCCOc1cc(-c2nc(-c3ccccc3)nc(-c3ccccc3)n2)ccc1O. The van der Waals surface area contributed by atoms with E-state index in [1.54, 1.807) is 18.2 Å². The van der Waals surface area contributed by atoms with Crippen LogP contribution in [-0.4, -0.2) is 26.7 Å². The smallest absolute Gasteiger partial charge is 0.164 e. The Hall–Kier alpha value is -3.73. The molecule has 0 fully saturated rings. The third kappa shape index (κ3) is 4.46. The lowest BCUT2D eigenvalue weighted by Crippen LogP contribution is -2.01. The van der Waals surface area contributed by atoms with Gasteiger partial charge in [-0.05, 0) is 24.6 Å². The van der Waals surface area contributed by atoms with E-state index in [0.29, 0.717) is 29.8 Å². The quantitative estimate of drug-likeness (QED) is 0.402. The maximum atomic E-state index is 10.2. The molecule has 1 heterocycles. The number of phenolic OH excluding ortho intramolecular Hbond substituents is 1. The molecular formula is C25H23N3O2. The summed E-state index contributed by atoms with van der Waals surface area (Å²) in [6, 6.07) is 24.9. The highest BCUT2D eigenvalue weighted by Crippen LogP contribution is 2.32. The summed E-state index contributed by atoms with van der Waals surface area (Å²) >= 11 is 0. The zero-order valence-corrected chi connectivity index (χ0v) is 16.8. The lowest BCUT2D eigenvalue weighted by atomic mass is 10.1. The number of hydrogen-bond acceptors (Lipinski definition) is 5. The molecule has 0 unspecified atom stereocenters. The van der Waals surface area contributed by atoms with Gasteiger partial charge in [0.1, 0.15) is 0 Å². The van der Waals surface area contributed by atoms with Gasteiger partial charge in [0.2, 0.25) is 0 Å². The van der Waals surface area contributed by atoms with Crippen molar-refractivity contribution >= 4 is 0 Å². The molecule has 0 saturated carbocycles. The summed E-state index contributed by atoms with van der Waals surface area (Å²) in [6.45, 7) is 2.65. The number of benzene rings is 3. The van der Waals surface area contributed by atoms with E-state index in [0.717, 1.165) is 29.5 Å². The summed E-state index contributed by atoms with van der Waals surface area (Å²) in [5, 5.41) is 10.2. The third-order valence-electron chi connectivity index (χ3n) is 4.67. The molecule has 0 spiro atoms. The molecule has 0 bridgehead atoms. The van der Waals surface area contributed by atoms with Crippen LogP contribution in [0.5, 0.6) is 11.5 Å². The minimum absolute atomic E-state index is 0.107. The Labute approximate surface area is 176 Å². The van der Waals surface area contributed by atoms with Gasteiger partial charge >= 0.3 is 0 Å². The van der Waals surface area contributed by atoms with Crippen molar-refractivity contribution in [2.24, 2.45) is 0 Å². The van der Waals surface area contributed by atoms with Crippen molar-refractivity contribution in [1.82, 2.24) is 15.0 Å². The molecule has 0 aliphatic carbocycles. The molecule has 4 aromatic rings. The lowest BCUT2D eigenvalue weighted by Gasteiger charge is -2.11. The first-order chi connectivity index (χ1) is 14.7. The maximum absolute atomic E-state index is 10.2. The predicted octanol–water partition coefficient (Wildman–Crippen LogP) is 5.76. The second-order valence-electron chi connectivity index (χ2n) is 6.92. The predicted molar refractivity (Wildman–Crippen MR) is 118 cm³/mol. The van der Waals surface area contributed by atoms with Crippen LogP contribution in [0.2, 0.25) is 0 Å². The molecule has 0 radical (unpaired) electrons. The van der Waals surface area contributed by atoms with Gasteiger partial charge in [-0.3, -0.25) is 0 Å². The molecule has 0 saturated heterocycles. The van der Waals surface area contributed by atoms with E-state index in [1.807, 2.05) is 60.7 Å². The highest BCUT2D eigenvalue weighted by Gasteiger charge is 2.14. The fraction of sp³-hybridized carbons (Fsp3) is 0.160. The largest absolute Gasteiger partial charge is 0.504 e. The molecule has 1 aromatic heterocycles. The number of unbranched alkanes of at least 4 members (excludes halogenated alkanes) is 1. The van der Waals surface area contributed by atoms with Crippen LogP contribution in [0.3, 0.4) is 0 Å². The van der Waals surface area contributed by atoms with Crippen LogP contribution in [0.1, 0.15) is 19.8 Å². The van der Waals surface area contributed by atoms with Crippen LogP contribution in [0.4, 0.5) is 0 Å². The fourth-order valence-electron chi connectivity index (χ4n) is 3.03. The van der Waals surface area contributed by atoms with E-state index >= 15 is 0 Å². The molecule has 0 aliphatic heterocycles. The Morgan fingerprint density at radius 1 is 0.700 bits per heavy atom. The van der Waals surface area contributed by atoms with Gasteiger partial charge in [-0.1, -0.05) is 74.0 Å². The van der Waals surface area contributed by atoms with Crippen LogP contribution < -0.4 is 4.74 Å². The van der Waals surface area contributed by atoms with Gasteiger partial charge in [0.15, 0.2) is 29.0 Å². The van der Waals surface area contributed by atoms with Crippen LogP contribution in [-0.2, 0) is 0 Å². The van der Waals surface area contributed by atoms with E-state index in [1.165, 1.54) is 0 Å². The number of phenols is 1. The Kier molecular flexibility index (Phi) is 5.99. The van der Waals surface area contributed by atoms with Crippen LogP contribution in [0.25, 0.3) is 34.2 Å². The number of aromatic nitrogens is 3. The van der Waals surface area contributed by atoms with Crippen molar-refractivity contribution < 1.29 is 9.84 Å². The van der Waals surface area contributed by atoms with Crippen molar-refractivity contribution in [1.29, 1.82) is 0 Å². The van der Waals surface area contributed by atoms with Crippen molar-refractivity contribution in [3.05, 3.63) is 78.9 Å². The van der Waals surface area contributed by atoms with E-state index < -0.39 is 0 Å². The Balaban J connectivity index is 1.80. The van der Waals surface area contributed by atoms with Crippen molar-refractivity contribution in [2.45, 2.75) is 19.8 Å². The molecule has 5 nitrogen and oxygen atoms in total. The number of hydrogen-bond donors (Lipinski definition) is 1. The van der Waals surface area contributed by atoms with Gasteiger partial charge in [0.05, 0.1) is 6.61 Å². The number of rotatable bonds is 7. The minimum atomic E-state index is 0.107. The average Bonchev–Trinajstić information content (AvgIpc) is 2.81. The molecule has 0 amide bonds. The zero-order valence-electron chi connectivity index (χ0n) is 16.8. The molecule has 3 aromatic carbocycles. The van der Waals surface area contributed by atoms with E-state index in [2.05, 4.69) is 6.92 Å². The monoisotopic (exact) mass is 397 g/mol. The summed E-state index contributed by atoms with van der Waals surface area (Å²) < 4.78 is 5.75. The zero-order chi connectivity index (χ0) is 20.8. The second-order valence-corrected chi connectivity index (χ2v) is 6.92. The first kappa shape index (κ1) is 19.6. The van der Waals surface area contributed by atoms with Gasteiger partial charge in [-0.25, -0.2) is 15.0 Å². The lowest BCUT2D eigenvalue weighted by molar-refractivity contribution is 0.293. The molecule has 1 N–H and O–H groups in total.